The standard InChI is InChI=1S/C16H20N4/c1-2-6-11(5-1)15-18-16(20-19-15)13-7-3-9-14-12(13)8-4-10-17-14/h3,7,9,11,17H,1-2,4-6,8,10H2,(H,18,19,20). The molecule has 0 saturated heterocycles. The zero-order chi connectivity index (χ0) is 13.4. The van der Waals surface area contributed by atoms with Crippen LogP contribution in [0.3, 0.4) is 0 Å². The normalized spacial score (nSPS) is 18.8. The number of nitrogens with one attached hydrogen (secondary N) is 2. The molecule has 4 nitrogen and oxygen atoms in total. The van der Waals surface area contributed by atoms with Crippen molar-refractivity contribution < 1.29 is 0 Å². The molecule has 0 radical (unpaired) electrons. The molecule has 0 bridgehead atoms. The summed E-state index contributed by atoms with van der Waals surface area (Å²) in [6, 6.07) is 6.40. The SMILES string of the molecule is c1cc2c(c(-c3n[nH]c(C4CCCC4)n3)c1)CCCN2. The largest absolute Gasteiger partial charge is 0.385 e. The number of benzene rings is 1. The first-order chi connectivity index (χ1) is 9.92. The van der Waals surface area contributed by atoms with Crippen LogP contribution in [0.1, 0.15) is 49.4 Å². The Hall–Kier alpha value is -1.84. The van der Waals surface area contributed by atoms with Gasteiger partial charge in [-0.05, 0) is 37.3 Å². The molecule has 2 aromatic rings. The molecule has 0 amide bonds. The minimum absolute atomic E-state index is 0.592. The van der Waals surface area contributed by atoms with Crippen LogP contribution in [0.4, 0.5) is 5.69 Å². The van der Waals surface area contributed by atoms with Crippen LogP contribution < -0.4 is 5.32 Å². The monoisotopic (exact) mass is 268 g/mol. The predicted molar refractivity (Wildman–Crippen MR) is 79.8 cm³/mol. The number of fused-ring (bicyclic) bond motifs is 1. The van der Waals surface area contributed by atoms with Crippen LogP contribution in [0.5, 0.6) is 0 Å². The first-order valence-corrected chi connectivity index (χ1v) is 7.70. The molecule has 1 aliphatic heterocycles. The second-order valence-corrected chi connectivity index (χ2v) is 5.89. The maximum absolute atomic E-state index is 4.78. The Balaban J connectivity index is 1.70. The number of aromatic amines is 1. The van der Waals surface area contributed by atoms with Crippen molar-refractivity contribution in [1.29, 1.82) is 0 Å². The maximum atomic E-state index is 4.78. The van der Waals surface area contributed by atoms with Gasteiger partial charge in [0.15, 0.2) is 5.82 Å². The molecule has 2 N–H and O–H groups in total. The fraction of sp³-hybridized carbons (Fsp3) is 0.500. The average Bonchev–Trinajstić information content (AvgIpc) is 3.17. The van der Waals surface area contributed by atoms with Gasteiger partial charge in [0, 0.05) is 23.7 Å². The van der Waals surface area contributed by atoms with Gasteiger partial charge in [-0.2, -0.15) is 5.10 Å². The van der Waals surface area contributed by atoms with Crippen molar-refractivity contribution in [2.45, 2.75) is 44.4 Å². The van der Waals surface area contributed by atoms with Crippen molar-refractivity contribution in [2.75, 3.05) is 11.9 Å². The van der Waals surface area contributed by atoms with E-state index in [4.69, 9.17) is 4.98 Å². The van der Waals surface area contributed by atoms with E-state index < -0.39 is 0 Å². The first-order valence-electron chi connectivity index (χ1n) is 7.70. The Morgan fingerprint density at radius 1 is 1.10 bits per heavy atom. The van der Waals surface area contributed by atoms with Gasteiger partial charge in [-0.15, -0.1) is 0 Å². The molecule has 0 unspecified atom stereocenters. The zero-order valence-corrected chi connectivity index (χ0v) is 11.7. The highest BCUT2D eigenvalue weighted by molar-refractivity contribution is 5.70. The Labute approximate surface area is 119 Å². The number of aromatic nitrogens is 3. The summed E-state index contributed by atoms with van der Waals surface area (Å²) in [5.74, 6) is 2.54. The minimum atomic E-state index is 0.592. The number of anilines is 1. The zero-order valence-electron chi connectivity index (χ0n) is 11.7. The number of hydrogen-bond donors (Lipinski definition) is 2. The van der Waals surface area contributed by atoms with Crippen molar-refractivity contribution in [2.24, 2.45) is 0 Å². The Morgan fingerprint density at radius 3 is 2.90 bits per heavy atom. The van der Waals surface area contributed by atoms with Gasteiger partial charge in [0.25, 0.3) is 0 Å². The summed E-state index contributed by atoms with van der Waals surface area (Å²) in [5, 5.41) is 11.1. The van der Waals surface area contributed by atoms with Crippen LogP contribution in [-0.2, 0) is 6.42 Å². The van der Waals surface area contributed by atoms with Crippen molar-refractivity contribution in [3.8, 4) is 11.4 Å². The van der Waals surface area contributed by atoms with E-state index in [9.17, 15) is 0 Å². The van der Waals surface area contributed by atoms with E-state index in [-0.39, 0.29) is 0 Å². The van der Waals surface area contributed by atoms with Crippen LogP contribution in [0, 0.1) is 0 Å². The van der Waals surface area contributed by atoms with Gasteiger partial charge in [-0.25, -0.2) is 4.98 Å². The van der Waals surface area contributed by atoms with Crippen LogP contribution in [-0.4, -0.2) is 21.7 Å². The molecule has 1 aliphatic carbocycles. The molecule has 20 heavy (non-hydrogen) atoms. The molecule has 104 valence electrons. The molecule has 1 aromatic heterocycles. The van der Waals surface area contributed by atoms with E-state index >= 15 is 0 Å². The lowest BCUT2D eigenvalue weighted by Crippen LogP contribution is -2.12. The van der Waals surface area contributed by atoms with E-state index in [0.29, 0.717) is 5.92 Å². The summed E-state index contributed by atoms with van der Waals surface area (Å²) in [6.07, 6.45) is 7.46. The second-order valence-electron chi connectivity index (χ2n) is 5.89. The first kappa shape index (κ1) is 11.9. The van der Waals surface area contributed by atoms with Gasteiger partial charge in [-0.3, -0.25) is 5.10 Å². The third kappa shape index (κ3) is 1.99. The van der Waals surface area contributed by atoms with Gasteiger partial charge in [0.1, 0.15) is 5.82 Å². The second kappa shape index (κ2) is 4.93. The molecule has 0 spiro atoms. The lowest BCUT2D eigenvalue weighted by molar-refractivity contribution is 0.672. The van der Waals surface area contributed by atoms with Crippen LogP contribution >= 0.6 is 0 Å². The van der Waals surface area contributed by atoms with E-state index in [2.05, 4.69) is 33.7 Å². The highest BCUT2D eigenvalue weighted by atomic mass is 15.2. The van der Waals surface area contributed by atoms with Gasteiger partial charge in [-0.1, -0.05) is 25.0 Å². The lowest BCUT2D eigenvalue weighted by Gasteiger charge is -2.19. The summed E-state index contributed by atoms with van der Waals surface area (Å²) in [5.41, 5.74) is 3.81. The number of H-pyrrole nitrogens is 1. The smallest absolute Gasteiger partial charge is 0.181 e. The van der Waals surface area contributed by atoms with Crippen molar-refractivity contribution in [3.05, 3.63) is 29.6 Å². The van der Waals surface area contributed by atoms with Gasteiger partial charge in [0.05, 0.1) is 0 Å². The molecule has 1 fully saturated rings. The number of rotatable bonds is 2. The summed E-state index contributed by atoms with van der Waals surface area (Å²) in [4.78, 5) is 4.78. The van der Waals surface area contributed by atoms with Crippen molar-refractivity contribution in [3.63, 3.8) is 0 Å². The number of nitrogens with zero attached hydrogens (tertiary/aromatic N) is 2. The van der Waals surface area contributed by atoms with Crippen molar-refractivity contribution in [1.82, 2.24) is 15.2 Å². The van der Waals surface area contributed by atoms with Crippen molar-refractivity contribution >= 4 is 5.69 Å². The highest BCUT2D eigenvalue weighted by Gasteiger charge is 2.22. The lowest BCUT2D eigenvalue weighted by atomic mass is 9.97. The summed E-state index contributed by atoms with van der Waals surface area (Å²) >= 11 is 0. The number of hydrogen-bond acceptors (Lipinski definition) is 3. The van der Waals surface area contributed by atoms with E-state index in [0.717, 1.165) is 24.6 Å². The highest BCUT2D eigenvalue weighted by Crippen LogP contribution is 2.34. The molecule has 2 heterocycles. The fourth-order valence-electron chi connectivity index (χ4n) is 3.50. The third-order valence-corrected chi connectivity index (χ3v) is 4.58. The molecule has 0 atom stereocenters. The molecule has 1 saturated carbocycles. The molecule has 2 aliphatic rings. The minimum Gasteiger partial charge on any atom is -0.385 e. The summed E-state index contributed by atoms with van der Waals surface area (Å²) in [7, 11) is 0. The van der Waals surface area contributed by atoms with Gasteiger partial charge < -0.3 is 5.32 Å². The molecule has 4 heteroatoms. The molecular formula is C16H20N4. The fourth-order valence-corrected chi connectivity index (χ4v) is 3.50. The summed E-state index contributed by atoms with van der Waals surface area (Å²) in [6.45, 7) is 1.07. The topological polar surface area (TPSA) is 53.6 Å². The van der Waals surface area contributed by atoms with Crippen LogP contribution in [0.25, 0.3) is 11.4 Å². The van der Waals surface area contributed by atoms with Gasteiger partial charge in [0.2, 0.25) is 0 Å². The maximum Gasteiger partial charge on any atom is 0.181 e. The Morgan fingerprint density at radius 2 is 2.00 bits per heavy atom. The predicted octanol–water partition coefficient (Wildman–Crippen LogP) is 3.49. The third-order valence-electron chi connectivity index (χ3n) is 4.58. The van der Waals surface area contributed by atoms with Gasteiger partial charge >= 0.3 is 0 Å². The van der Waals surface area contributed by atoms with E-state index in [1.165, 1.54) is 48.9 Å². The Bertz CT molecular complexity index is 611. The quantitative estimate of drug-likeness (QED) is 0.876. The molecular weight excluding hydrogens is 248 g/mol. The molecule has 1 aromatic carbocycles. The van der Waals surface area contributed by atoms with Crippen LogP contribution in [0.15, 0.2) is 18.2 Å². The van der Waals surface area contributed by atoms with E-state index in [1.807, 2.05) is 0 Å². The van der Waals surface area contributed by atoms with Crippen LogP contribution in [0.2, 0.25) is 0 Å². The van der Waals surface area contributed by atoms with E-state index in [1.54, 1.807) is 0 Å². The Kier molecular flexibility index (Phi) is 2.94. The molecule has 4 rings (SSSR count). The average molecular weight is 268 g/mol. The summed E-state index contributed by atoms with van der Waals surface area (Å²) < 4.78 is 0.